The van der Waals surface area contributed by atoms with Gasteiger partial charge in [0.25, 0.3) is 0 Å². The number of unbranched alkanes of at least 4 members (excludes halogenated alkanes) is 5. The summed E-state index contributed by atoms with van der Waals surface area (Å²) in [6.45, 7) is 6.08. The molecular weight excluding hydrogens is 234 g/mol. The van der Waals surface area contributed by atoms with E-state index >= 15 is 0 Å². The summed E-state index contributed by atoms with van der Waals surface area (Å²) >= 11 is 0. The lowest BCUT2D eigenvalue weighted by atomic mass is 9.95. The van der Waals surface area contributed by atoms with E-state index in [0.29, 0.717) is 12.8 Å². The zero-order valence-corrected chi connectivity index (χ0v) is 12.5. The predicted molar refractivity (Wildman–Crippen MR) is 74.4 cm³/mol. The molecule has 0 aromatic heterocycles. The summed E-state index contributed by atoms with van der Waals surface area (Å²) in [6, 6.07) is 0. The fourth-order valence-corrected chi connectivity index (χ4v) is 2.94. The first-order valence-corrected chi connectivity index (χ1v) is 8.44. The van der Waals surface area contributed by atoms with Crippen LogP contribution in [0.4, 0.5) is 0 Å². The summed E-state index contributed by atoms with van der Waals surface area (Å²) in [5.74, 6) is 0. The fraction of sp³-hybridized carbons (Fsp3) is 1.00. The van der Waals surface area contributed by atoms with Crippen LogP contribution in [-0.2, 0) is 10.0 Å². The lowest BCUT2D eigenvalue weighted by molar-refractivity contribution is 0.441. The van der Waals surface area contributed by atoms with E-state index in [2.05, 4.69) is 13.8 Å². The van der Waals surface area contributed by atoms with Gasteiger partial charge in [0.2, 0.25) is 10.0 Å². The molecule has 0 aliphatic rings. The topological polar surface area (TPSA) is 60.2 Å². The van der Waals surface area contributed by atoms with Crippen LogP contribution in [0.3, 0.4) is 0 Å². The molecule has 0 rings (SSSR count). The minimum Gasteiger partial charge on any atom is -0.228 e. The van der Waals surface area contributed by atoms with Crippen molar-refractivity contribution in [3.8, 4) is 0 Å². The standard InChI is InChI=1S/C13H29NO2S/c1-4-6-8-10-12-13(3,17(14,15)16)11-9-7-5-2/h4-12H2,1-3H3,(H2,14,15,16). The van der Waals surface area contributed by atoms with Gasteiger partial charge >= 0.3 is 0 Å². The molecule has 0 aromatic rings. The maximum atomic E-state index is 11.7. The van der Waals surface area contributed by atoms with E-state index in [1.165, 1.54) is 12.8 Å². The third-order valence-corrected chi connectivity index (χ3v) is 5.34. The Bertz CT molecular complexity index is 288. The van der Waals surface area contributed by atoms with Gasteiger partial charge in [-0.05, 0) is 19.8 Å². The molecule has 104 valence electrons. The number of rotatable bonds is 10. The van der Waals surface area contributed by atoms with Crippen molar-refractivity contribution in [2.24, 2.45) is 5.14 Å². The van der Waals surface area contributed by atoms with E-state index < -0.39 is 14.8 Å². The largest absolute Gasteiger partial charge is 0.228 e. The van der Waals surface area contributed by atoms with Gasteiger partial charge in [0.05, 0.1) is 4.75 Å². The van der Waals surface area contributed by atoms with Crippen molar-refractivity contribution in [3.63, 3.8) is 0 Å². The van der Waals surface area contributed by atoms with Crippen LogP contribution < -0.4 is 5.14 Å². The Hall–Kier alpha value is -0.0900. The van der Waals surface area contributed by atoms with Crippen LogP contribution in [0.15, 0.2) is 0 Å². The molecule has 0 fully saturated rings. The third kappa shape index (κ3) is 6.41. The highest BCUT2D eigenvalue weighted by Crippen LogP contribution is 2.28. The van der Waals surface area contributed by atoms with E-state index in [1.54, 1.807) is 0 Å². The van der Waals surface area contributed by atoms with Gasteiger partial charge in [0, 0.05) is 0 Å². The maximum Gasteiger partial charge on any atom is 0.214 e. The van der Waals surface area contributed by atoms with E-state index in [9.17, 15) is 8.42 Å². The van der Waals surface area contributed by atoms with Crippen LogP contribution >= 0.6 is 0 Å². The van der Waals surface area contributed by atoms with E-state index in [0.717, 1.165) is 32.1 Å². The molecule has 1 unspecified atom stereocenters. The second kappa shape index (κ2) is 8.09. The third-order valence-electron chi connectivity index (χ3n) is 3.56. The monoisotopic (exact) mass is 263 g/mol. The Labute approximate surface area is 107 Å². The van der Waals surface area contributed by atoms with Crippen molar-refractivity contribution in [3.05, 3.63) is 0 Å². The van der Waals surface area contributed by atoms with E-state index in [-0.39, 0.29) is 0 Å². The minimum absolute atomic E-state index is 0.700. The van der Waals surface area contributed by atoms with Gasteiger partial charge in [-0.15, -0.1) is 0 Å². The predicted octanol–water partition coefficient (Wildman–Crippen LogP) is 3.58. The zero-order chi connectivity index (χ0) is 13.4. The number of nitrogens with two attached hydrogens (primary N) is 1. The van der Waals surface area contributed by atoms with Crippen LogP contribution in [0.2, 0.25) is 0 Å². The van der Waals surface area contributed by atoms with Crippen molar-refractivity contribution in [2.45, 2.75) is 83.3 Å². The smallest absolute Gasteiger partial charge is 0.214 e. The Morgan fingerprint density at radius 3 is 1.71 bits per heavy atom. The summed E-state index contributed by atoms with van der Waals surface area (Å²) in [5.41, 5.74) is 0. The summed E-state index contributed by atoms with van der Waals surface area (Å²) in [7, 11) is -3.43. The Morgan fingerprint density at radius 2 is 1.29 bits per heavy atom. The zero-order valence-electron chi connectivity index (χ0n) is 11.7. The number of hydrogen-bond donors (Lipinski definition) is 1. The molecule has 0 heterocycles. The lowest BCUT2D eigenvalue weighted by Gasteiger charge is -2.27. The van der Waals surface area contributed by atoms with Crippen LogP contribution in [0.5, 0.6) is 0 Å². The molecule has 0 aliphatic heterocycles. The molecule has 0 amide bonds. The first-order valence-electron chi connectivity index (χ1n) is 6.89. The summed E-state index contributed by atoms with van der Waals surface area (Å²) < 4.78 is 22.7. The van der Waals surface area contributed by atoms with Gasteiger partial charge in [-0.3, -0.25) is 0 Å². The molecular formula is C13H29NO2S. The molecule has 4 heteroatoms. The van der Waals surface area contributed by atoms with Crippen LogP contribution in [0, 0.1) is 0 Å². The van der Waals surface area contributed by atoms with Crippen molar-refractivity contribution in [1.82, 2.24) is 0 Å². The molecule has 0 aliphatic carbocycles. The van der Waals surface area contributed by atoms with Crippen LogP contribution in [0.25, 0.3) is 0 Å². The SMILES string of the molecule is CCCCCCC(C)(CCCCC)S(N)(=O)=O. The molecule has 3 nitrogen and oxygen atoms in total. The molecule has 0 saturated heterocycles. The molecule has 0 aromatic carbocycles. The van der Waals surface area contributed by atoms with Gasteiger partial charge in [-0.25, -0.2) is 13.6 Å². The van der Waals surface area contributed by atoms with E-state index in [4.69, 9.17) is 5.14 Å². The summed E-state index contributed by atoms with van der Waals surface area (Å²) in [4.78, 5) is 0. The summed E-state index contributed by atoms with van der Waals surface area (Å²) in [6.07, 6.45) is 8.97. The Kier molecular flexibility index (Phi) is 8.05. The van der Waals surface area contributed by atoms with Crippen LogP contribution in [-0.4, -0.2) is 13.2 Å². The van der Waals surface area contributed by atoms with Gasteiger partial charge in [-0.2, -0.15) is 0 Å². The highest BCUT2D eigenvalue weighted by atomic mass is 32.2. The first-order chi connectivity index (χ1) is 7.87. The quantitative estimate of drug-likeness (QED) is 0.612. The number of primary sulfonamides is 1. The lowest BCUT2D eigenvalue weighted by Crippen LogP contribution is -2.40. The molecule has 0 bridgehead atoms. The van der Waals surface area contributed by atoms with Gasteiger partial charge < -0.3 is 0 Å². The number of hydrogen-bond acceptors (Lipinski definition) is 2. The highest BCUT2D eigenvalue weighted by molar-refractivity contribution is 7.90. The average Bonchev–Trinajstić information content (AvgIpc) is 2.23. The summed E-state index contributed by atoms with van der Waals surface area (Å²) in [5, 5.41) is 5.38. The fourth-order valence-electron chi connectivity index (χ4n) is 2.08. The average molecular weight is 263 g/mol. The second-order valence-electron chi connectivity index (χ2n) is 5.26. The van der Waals surface area contributed by atoms with Gasteiger partial charge in [0.1, 0.15) is 0 Å². The Morgan fingerprint density at radius 1 is 0.882 bits per heavy atom. The highest BCUT2D eigenvalue weighted by Gasteiger charge is 2.35. The van der Waals surface area contributed by atoms with Gasteiger partial charge in [-0.1, -0.05) is 58.8 Å². The van der Waals surface area contributed by atoms with Crippen molar-refractivity contribution < 1.29 is 8.42 Å². The normalized spacial score (nSPS) is 15.8. The van der Waals surface area contributed by atoms with Crippen molar-refractivity contribution >= 4 is 10.0 Å². The molecule has 2 N–H and O–H groups in total. The van der Waals surface area contributed by atoms with Gasteiger partial charge in [0.15, 0.2) is 0 Å². The molecule has 0 radical (unpaired) electrons. The van der Waals surface area contributed by atoms with E-state index in [1.807, 2.05) is 6.92 Å². The second-order valence-corrected chi connectivity index (χ2v) is 7.34. The first kappa shape index (κ1) is 16.9. The maximum absolute atomic E-state index is 11.7. The number of sulfonamides is 1. The molecule has 1 atom stereocenters. The van der Waals surface area contributed by atoms with Crippen molar-refractivity contribution in [2.75, 3.05) is 0 Å². The molecule has 0 saturated carbocycles. The van der Waals surface area contributed by atoms with Crippen molar-refractivity contribution in [1.29, 1.82) is 0 Å². The minimum atomic E-state index is -3.43. The van der Waals surface area contributed by atoms with Crippen LogP contribution in [0.1, 0.15) is 78.6 Å². The molecule has 0 spiro atoms. The molecule has 17 heavy (non-hydrogen) atoms. The Balaban J connectivity index is 4.31.